The number of fused-ring (bicyclic) bond motifs is 1. The molecule has 30 heavy (non-hydrogen) atoms. The first-order chi connectivity index (χ1) is 14.6. The zero-order valence-corrected chi connectivity index (χ0v) is 18.7. The first-order valence-corrected chi connectivity index (χ1v) is 11.0. The Labute approximate surface area is 188 Å². The standard InChI is InChI=1S/C21H22BrClN6O/c1-2-3-4-17(30)29(15-7-5-14(23)6-8-15)16-9-11-28(12-10-16)21-18-19(22)26-27-20(18)24-13-25-21/h2,5-8,13,16H,1,3-4,9-12H2,(H,24,25,26,27). The largest absolute Gasteiger partial charge is 0.356 e. The second-order valence-electron chi connectivity index (χ2n) is 7.22. The molecule has 1 fully saturated rings. The van der Waals surface area contributed by atoms with E-state index < -0.39 is 0 Å². The van der Waals surface area contributed by atoms with Gasteiger partial charge in [-0.2, -0.15) is 5.10 Å². The van der Waals surface area contributed by atoms with Gasteiger partial charge in [-0.05, 0) is 59.5 Å². The van der Waals surface area contributed by atoms with E-state index in [4.69, 9.17) is 11.6 Å². The van der Waals surface area contributed by atoms with Crippen molar-refractivity contribution < 1.29 is 4.79 Å². The third kappa shape index (κ3) is 4.20. The Kier molecular flexibility index (Phi) is 6.34. The van der Waals surface area contributed by atoms with Crippen LogP contribution in [0.5, 0.6) is 0 Å². The maximum Gasteiger partial charge on any atom is 0.227 e. The van der Waals surface area contributed by atoms with Gasteiger partial charge in [-0.15, -0.1) is 6.58 Å². The number of benzene rings is 1. The SMILES string of the molecule is C=CCCC(=O)N(c1ccc(Cl)cc1)C1CCN(c2ncnc3[nH]nc(Br)c23)CC1. The van der Waals surface area contributed by atoms with Crippen LogP contribution in [0.4, 0.5) is 11.5 Å². The molecule has 0 unspecified atom stereocenters. The summed E-state index contributed by atoms with van der Waals surface area (Å²) >= 11 is 9.53. The van der Waals surface area contributed by atoms with Crippen LogP contribution < -0.4 is 9.80 Å². The van der Waals surface area contributed by atoms with Crippen molar-refractivity contribution in [3.05, 3.63) is 52.9 Å². The Balaban J connectivity index is 1.54. The zero-order valence-electron chi connectivity index (χ0n) is 16.4. The molecule has 9 heteroatoms. The van der Waals surface area contributed by atoms with Crippen LogP contribution >= 0.6 is 27.5 Å². The number of hydrogen-bond donors (Lipinski definition) is 1. The van der Waals surface area contributed by atoms with E-state index in [-0.39, 0.29) is 11.9 Å². The Morgan fingerprint density at radius 3 is 2.73 bits per heavy atom. The van der Waals surface area contributed by atoms with Gasteiger partial charge in [0.05, 0.1) is 5.39 Å². The summed E-state index contributed by atoms with van der Waals surface area (Å²) in [6, 6.07) is 7.60. The lowest BCUT2D eigenvalue weighted by Crippen LogP contribution is -2.48. The van der Waals surface area contributed by atoms with Crippen molar-refractivity contribution in [3.8, 4) is 0 Å². The molecule has 0 saturated carbocycles. The molecule has 1 aliphatic rings. The summed E-state index contributed by atoms with van der Waals surface area (Å²) < 4.78 is 0.706. The Hall–Kier alpha value is -2.45. The summed E-state index contributed by atoms with van der Waals surface area (Å²) in [4.78, 5) is 25.9. The molecule has 0 radical (unpaired) electrons. The third-order valence-electron chi connectivity index (χ3n) is 5.36. The quantitative estimate of drug-likeness (QED) is 0.506. The van der Waals surface area contributed by atoms with E-state index in [0.717, 1.165) is 42.8 Å². The monoisotopic (exact) mass is 488 g/mol. The molecular weight excluding hydrogens is 468 g/mol. The van der Waals surface area contributed by atoms with E-state index in [1.165, 1.54) is 0 Å². The minimum absolute atomic E-state index is 0.109. The van der Waals surface area contributed by atoms with Gasteiger partial charge in [0.25, 0.3) is 0 Å². The van der Waals surface area contributed by atoms with Crippen molar-refractivity contribution in [3.63, 3.8) is 0 Å². The fourth-order valence-electron chi connectivity index (χ4n) is 3.89. The minimum Gasteiger partial charge on any atom is -0.356 e. The summed E-state index contributed by atoms with van der Waals surface area (Å²) in [7, 11) is 0. The average molecular weight is 490 g/mol. The number of aromatic amines is 1. The van der Waals surface area contributed by atoms with Crippen molar-refractivity contribution in [2.75, 3.05) is 22.9 Å². The average Bonchev–Trinajstić information content (AvgIpc) is 3.15. The van der Waals surface area contributed by atoms with Crippen molar-refractivity contribution in [2.45, 2.75) is 31.7 Å². The predicted octanol–water partition coefficient (Wildman–Crippen LogP) is 4.74. The normalized spacial score (nSPS) is 14.8. The first kappa shape index (κ1) is 20.8. The van der Waals surface area contributed by atoms with Gasteiger partial charge in [-0.1, -0.05) is 17.7 Å². The van der Waals surface area contributed by atoms with Gasteiger partial charge >= 0.3 is 0 Å². The number of carbonyl (C=O) groups excluding carboxylic acids is 1. The fraction of sp³-hybridized carbons (Fsp3) is 0.333. The van der Waals surface area contributed by atoms with Crippen LogP contribution in [-0.2, 0) is 4.79 Å². The Morgan fingerprint density at radius 1 is 1.30 bits per heavy atom. The fourth-order valence-corrected chi connectivity index (χ4v) is 4.47. The number of halogens is 2. The third-order valence-corrected chi connectivity index (χ3v) is 6.18. The van der Waals surface area contributed by atoms with E-state index in [1.54, 1.807) is 12.4 Å². The molecule has 0 spiro atoms. The number of H-pyrrole nitrogens is 1. The summed E-state index contributed by atoms with van der Waals surface area (Å²) in [5.41, 5.74) is 1.59. The van der Waals surface area contributed by atoms with E-state index >= 15 is 0 Å². The second kappa shape index (κ2) is 9.14. The number of nitrogens with one attached hydrogen (secondary N) is 1. The van der Waals surface area contributed by atoms with Crippen LogP contribution in [0.3, 0.4) is 0 Å². The van der Waals surface area contributed by atoms with Crippen molar-refractivity contribution in [1.82, 2.24) is 20.2 Å². The van der Waals surface area contributed by atoms with Gasteiger partial charge in [0.15, 0.2) is 5.65 Å². The Bertz CT molecular complexity index is 1050. The number of rotatable bonds is 6. The van der Waals surface area contributed by atoms with Crippen molar-refractivity contribution in [1.29, 1.82) is 0 Å². The minimum atomic E-state index is 0.109. The molecule has 1 saturated heterocycles. The van der Waals surface area contributed by atoms with Crippen LogP contribution in [0.15, 0.2) is 47.9 Å². The molecule has 4 rings (SSSR count). The lowest BCUT2D eigenvalue weighted by molar-refractivity contribution is -0.119. The van der Waals surface area contributed by atoms with Crippen molar-refractivity contribution >= 4 is 56.0 Å². The van der Waals surface area contributed by atoms with E-state index in [0.29, 0.717) is 28.1 Å². The number of allylic oxidation sites excluding steroid dienone is 1. The van der Waals surface area contributed by atoms with Crippen LogP contribution in [0.1, 0.15) is 25.7 Å². The molecule has 0 aliphatic carbocycles. The molecule has 156 valence electrons. The van der Waals surface area contributed by atoms with Gasteiger partial charge in [-0.25, -0.2) is 9.97 Å². The number of aromatic nitrogens is 4. The van der Waals surface area contributed by atoms with Crippen molar-refractivity contribution in [2.24, 2.45) is 0 Å². The van der Waals surface area contributed by atoms with Gasteiger partial charge in [0.1, 0.15) is 16.7 Å². The van der Waals surface area contributed by atoms with Gasteiger partial charge < -0.3 is 9.80 Å². The predicted molar refractivity (Wildman–Crippen MR) is 123 cm³/mol. The molecule has 2 aromatic heterocycles. The topological polar surface area (TPSA) is 78.0 Å². The van der Waals surface area contributed by atoms with Gasteiger partial charge in [0.2, 0.25) is 5.91 Å². The number of piperidine rings is 1. The van der Waals surface area contributed by atoms with Gasteiger partial charge in [-0.3, -0.25) is 9.89 Å². The lowest BCUT2D eigenvalue weighted by Gasteiger charge is -2.39. The number of carbonyl (C=O) groups is 1. The lowest BCUT2D eigenvalue weighted by atomic mass is 10.0. The van der Waals surface area contributed by atoms with Crippen LogP contribution in [0.2, 0.25) is 5.02 Å². The molecule has 3 aromatic rings. The van der Waals surface area contributed by atoms with Crippen LogP contribution in [0, 0.1) is 0 Å². The highest BCUT2D eigenvalue weighted by Crippen LogP contribution is 2.32. The van der Waals surface area contributed by atoms with E-state index in [1.807, 2.05) is 29.2 Å². The molecule has 1 aromatic carbocycles. The smallest absolute Gasteiger partial charge is 0.227 e. The Morgan fingerprint density at radius 2 is 2.03 bits per heavy atom. The highest BCUT2D eigenvalue weighted by molar-refractivity contribution is 9.10. The molecule has 7 nitrogen and oxygen atoms in total. The summed E-state index contributed by atoms with van der Waals surface area (Å²) in [5, 5.41) is 8.63. The number of anilines is 2. The molecule has 3 heterocycles. The second-order valence-corrected chi connectivity index (χ2v) is 8.41. The van der Waals surface area contributed by atoms with E-state index in [2.05, 4.69) is 47.6 Å². The highest BCUT2D eigenvalue weighted by atomic mass is 79.9. The number of nitrogens with zero attached hydrogens (tertiary/aromatic N) is 5. The zero-order chi connectivity index (χ0) is 21.1. The highest BCUT2D eigenvalue weighted by Gasteiger charge is 2.30. The number of amides is 1. The molecule has 0 bridgehead atoms. The molecule has 0 atom stereocenters. The van der Waals surface area contributed by atoms with Crippen LogP contribution in [0.25, 0.3) is 11.0 Å². The van der Waals surface area contributed by atoms with Gasteiger partial charge in [0, 0.05) is 36.3 Å². The maximum absolute atomic E-state index is 13.0. The molecular formula is C21H22BrClN6O. The summed E-state index contributed by atoms with van der Waals surface area (Å²) in [6.07, 6.45) is 6.11. The number of hydrogen-bond acceptors (Lipinski definition) is 5. The first-order valence-electron chi connectivity index (χ1n) is 9.86. The summed E-state index contributed by atoms with van der Waals surface area (Å²) in [5.74, 6) is 0.966. The van der Waals surface area contributed by atoms with Crippen LogP contribution in [-0.4, -0.2) is 45.2 Å². The summed E-state index contributed by atoms with van der Waals surface area (Å²) in [6.45, 7) is 5.31. The molecule has 1 amide bonds. The maximum atomic E-state index is 13.0. The molecule has 1 aliphatic heterocycles. The van der Waals surface area contributed by atoms with E-state index in [9.17, 15) is 4.79 Å². The molecule has 1 N–H and O–H groups in total.